The van der Waals surface area contributed by atoms with E-state index in [1.54, 1.807) is 0 Å². The van der Waals surface area contributed by atoms with Crippen molar-refractivity contribution in [3.05, 3.63) is 131 Å². The molecule has 0 aliphatic carbocycles. The average Bonchev–Trinajstić information content (AvgIpc) is 2.86. The molecule has 4 aromatic carbocycles. The maximum Gasteiger partial charge on any atom is 0.127 e. The van der Waals surface area contributed by atoms with E-state index in [1.807, 2.05) is 6.07 Å². The van der Waals surface area contributed by atoms with Gasteiger partial charge in [0.1, 0.15) is 11.5 Å². The number of hydrogen-bond donors (Lipinski definition) is 0. The summed E-state index contributed by atoms with van der Waals surface area (Å²) in [7, 11) is 0. The molecule has 1 heteroatoms. The molecule has 0 fully saturated rings. The van der Waals surface area contributed by atoms with Crippen molar-refractivity contribution in [3.63, 3.8) is 0 Å². The first-order valence-corrected chi connectivity index (χ1v) is 12.5. The zero-order valence-electron chi connectivity index (χ0n) is 20.7. The van der Waals surface area contributed by atoms with Gasteiger partial charge in [-0.1, -0.05) is 106 Å². The fraction of sp³-hybridized carbons (Fsp3) is 0.273. The number of benzene rings is 4. The molecule has 4 aromatic rings. The zero-order chi connectivity index (χ0) is 23.8. The molecule has 0 saturated heterocycles. The van der Waals surface area contributed by atoms with Crippen LogP contribution in [0.15, 0.2) is 109 Å². The number of rotatable bonds is 10. The van der Waals surface area contributed by atoms with Crippen LogP contribution in [-0.4, -0.2) is 0 Å². The minimum absolute atomic E-state index is 0.496. The molecule has 0 N–H and O–H groups in total. The SMILES string of the molecule is CC(Cc1ccc(Oc2cccc(CC(C)C(C)Cc3ccccc3)c2)cc1)c1ccccc1. The molecule has 0 radical (unpaired) electrons. The molecule has 0 spiro atoms. The van der Waals surface area contributed by atoms with Gasteiger partial charge < -0.3 is 4.74 Å². The Morgan fingerprint density at radius 2 is 1.06 bits per heavy atom. The quantitative estimate of drug-likeness (QED) is 0.235. The Hall–Kier alpha value is -3.32. The first kappa shape index (κ1) is 23.8. The van der Waals surface area contributed by atoms with Crippen LogP contribution in [0.5, 0.6) is 11.5 Å². The standard InChI is InChI=1S/C33H36O/c1-25(21-28-11-6-4-7-12-28)26(2)22-30-13-10-16-33(24-30)34-32-19-17-29(18-20-32)23-27(3)31-14-8-5-9-15-31/h4-20,24-27H,21-23H2,1-3H3. The van der Waals surface area contributed by atoms with Crippen LogP contribution in [-0.2, 0) is 19.3 Å². The molecule has 174 valence electrons. The smallest absolute Gasteiger partial charge is 0.127 e. The van der Waals surface area contributed by atoms with Crippen molar-refractivity contribution in [2.75, 3.05) is 0 Å². The highest BCUT2D eigenvalue weighted by Gasteiger charge is 2.14. The van der Waals surface area contributed by atoms with E-state index in [0.29, 0.717) is 17.8 Å². The lowest BCUT2D eigenvalue weighted by Crippen LogP contribution is -2.13. The van der Waals surface area contributed by atoms with Crippen molar-refractivity contribution < 1.29 is 4.74 Å². The second-order valence-corrected chi connectivity index (χ2v) is 9.76. The molecular weight excluding hydrogens is 412 g/mol. The maximum atomic E-state index is 6.20. The second-order valence-electron chi connectivity index (χ2n) is 9.76. The molecule has 3 atom stereocenters. The fourth-order valence-electron chi connectivity index (χ4n) is 4.58. The highest BCUT2D eigenvalue weighted by molar-refractivity contribution is 5.36. The summed E-state index contributed by atoms with van der Waals surface area (Å²) in [6.45, 7) is 7.00. The van der Waals surface area contributed by atoms with E-state index < -0.39 is 0 Å². The Bertz CT molecular complexity index is 1130. The predicted molar refractivity (Wildman–Crippen MR) is 144 cm³/mol. The van der Waals surface area contributed by atoms with Gasteiger partial charge in [-0.05, 0) is 83.5 Å². The Kier molecular flexibility index (Phi) is 8.20. The topological polar surface area (TPSA) is 9.23 Å². The fourth-order valence-corrected chi connectivity index (χ4v) is 4.58. The third-order valence-electron chi connectivity index (χ3n) is 6.90. The van der Waals surface area contributed by atoms with Crippen LogP contribution in [0.4, 0.5) is 0 Å². The minimum Gasteiger partial charge on any atom is -0.457 e. The van der Waals surface area contributed by atoms with Crippen molar-refractivity contribution in [1.29, 1.82) is 0 Å². The van der Waals surface area contributed by atoms with Crippen LogP contribution >= 0.6 is 0 Å². The maximum absolute atomic E-state index is 6.20. The predicted octanol–water partition coefficient (Wildman–Crippen LogP) is 8.88. The lowest BCUT2D eigenvalue weighted by atomic mass is 9.85. The summed E-state index contributed by atoms with van der Waals surface area (Å²) >= 11 is 0. The lowest BCUT2D eigenvalue weighted by Gasteiger charge is -2.20. The van der Waals surface area contributed by atoms with E-state index in [2.05, 4.69) is 124 Å². The molecule has 0 heterocycles. The molecule has 1 nitrogen and oxygen atoms in total. The Labute approximate surface area is 205 Å². The van der Waals surface area contributed by atoms with Gasteiger partial charge in [0.05, 0.1) is 0 Å². The van der Waals surface area contributed by atoms with Crippen LogP contribution < -0.4 is 4.74 Å². The summed E-state index contributed by atoms with van der Waals surface area (Å²) in [6, 6.07) is 38.6. The van der Waals surface area contributed by atoms with Gasteiger partial charge >= 0.3 is 0 Å². The van der Waals surface area contributed by atoms with Crippen molar-refractivity contribution >= 4 is 0 Å². The molecule has 0 aliphatic heterocycles. The summed E-state index contributed by atoms with van der Waals surface area (Å²) in [5.74, 6) is 3.51. The van der Waals surface area contributed by atoms with E-state index in [4.69, 9.17) is 4.74 Å². The van der Waals surface area contributed by atoms with Crippen molar-refractivity contribution in [1.82, 2.24) is 0 Å². The van der Waals surface area contributed by atoms with Crippen LogP contribution in [0.1, 0.15) is 48.9 Å². The van der Waals surface area contributed by atoms with Gasteiger partial charge in [-0.3, -0.25) is 0 Å². The van der Waals surface area contributed by atoms with Crippen molar-refractivity contribution in [3.8, 4) is 11.5 Å². The first-order valence-electron chi connectivity index (χ1n) is 12.5. The summed E-state index contributed by atoms with van der Waals surface area (Å²) in [5.41, 5.74) is 5.46. The first-order chi connectivity index (χ1) is 16.6. The highest BCUT2D eigenvalue weighted by Crippen LogP contribution is 2.27. The number of ether oxygens (including phenoxy) is 1. The Morgan fingerprint density at radius 1 is 0.500 bits per heavy atom. The van der Waals surface area contributed by atoms with E-state index >= 15 is 0 Å². The van der Waals surface area contributed by atoms with Gasteiger partial charge in [-0.25, -0.2) is 0 Å². The summed E-state index contributed by atoms with van der Waals surface area (Å²) in [5, 5.41) is 0. The van der Waals surface area contributed by atoms with Crippen LogP contribution in [0.3, 0.4) is 0 Å². The summed E-state index contributed by atoms with van der Waals surface area (Å²) in [6.07, 6.45) is 3.20. The van der Waals surface area contributed by atoms with Crippen molar-refractivity contribution in [2.24, 2.45) is 11.8 Å². The molecule has 0 bridgehead atoms. The van der Waals surface area contributed by atoms with E-state index in [1.165, 1.54) is 22.3 Å². The van der Waals surface area contributed by atoms with Gasteiger partial charge in [0, 0.05) is 0 Å². The average molecular weight is 449 g/mol. The molecule has 0 amide bonds. The zero-order valence-corrected chi connectivity index (χ0v) is 20.7. The molecule has 0 aromatic heterocycles. The van der Waals surface area contributed by atoms with Crippen LogP contribution in [0.2, 0.25) is 0 Å². The Balaban J connectivity index is 1.33. The minimum atomic E-state index is 0.496. The van der Waals surface area contributed by atoms with E-state index in [9.17, 15) is 0 Å². The molecular formula is C33H36O. The number of hydrogen-bond acceptors (Lipinski definition) is 1. The lowest BCUT2D eigenvalue weighted by molar-refractivity contribution is 0.383. The molecule has 3 unspecified atom stereocenters. The summed E-state index contributed by atoms with van der Waals surface area (Å²) in [4.78, 5) is 0. The third-order valence-corrected chi connectivity index (χ3v) is 6.90. The van der Waals surface area contributed by atoms with Gasteiger partial charge in [0.25, 0.3) is 0 Å². The molecule has 4 rings (SSSR count). The van der Waals surface area contributed by atoms with E-state index in [0.717, 1.165) is 30.8 Å². The monoisotopic (exact) mass is 448 g/mol. The van der Waals surface area contributed by atoms with E-state index in [-0.39, 0.29) is 0 Å². The molecule has 34 heavy (non-hydrogen) atoms. The van der Waals surface area contributed by atoms with Gasteiger partial charge in [-0.15, -0.1) is 0 Å². The molecule has 0 saturated carbocycles. The normalized spacial score (nSPS) is 13.7. The Morgan fingerprint density at radius 3 is 1.74 bits per heavy atom. The largest absolute Gasteiger partial charge is 0.457 e. The molecule has 0 aliphatic rings. The van der Waals surface area contributed by atoms with Crippen molar-refractivity contribution in [2.45, 2.75) is 46.0 Å². The van der Waals surface area contributed by atoms with Gasteiger partial charge in [0.15, 0.2) is 0 Å². The summed E-state index contributed by atoms with van der Waals surface area (Å²) < 4.78 is 6.20. The third kappa shape index (κ3) is 6.84. The van der Waals surface area contributed by atoms with Gasteiger partial charge in [0.2, 0.25) is 0 Å². The second kappa shape index (κ2) is 11.7. The highest BCUT2D eigenvalue weighted by atomic mass is 16.5. The van der Waals surface area contributed by atoms with Crippen LogP contribution in [0, 0.1) is 11.8 Å². The van der Waals surface area contributed by atoms with Gasteiger partial charge in [-0.2, -0.15) is 0 Å². The van der Waals surface area contributed by atoms with Crippen LogP contribution in [0.25, 0.3) is 0 Å².